The molecule has 0 saturated carbocycles. The Balaban J connectivity index is 2.06. The number of rotatable bonds is 3. The minimum Gasteiger partial charge on any atom is -0.298 e. The molecule has 19 heavy (non-hydrogen) atoms. The van der Waals surface area contributed by atoms with Gasteiger partial charge in [0.2, 0.25) is 0 Å². The summed E-state index contributed by atoms with van der Waals surface area (Å²) in [5.41, 5.74) is 1.48. The van der Waals surface area contributed by atoms with Gasteiger partial charge in [-0.15, -0.1) is 0 Å². The van der Waals surface area contributed by atoms with E-state index >= 15 is 0 Å². The molecule has 0 spiro atoms. The smallest absolute Gasteiger partial charge is 0.133 e. The zero-order valence-corrected chi connectivity index (χ0v) is 13.0. The topological polar surface area (TPSA) is 29.0 Å². The van der Waals surface area contributed by atoms with Crippen LogP contribution < -0.4 is 0 Å². The Labute approximate surface area is 117 Å². The third-order valence-corrected chi connectivity index (χ3v) is 3.97. The van der Waals surface area contributed by atoms with Crippen LogP contribution in [0.1, 0.15) is 58.8 Å². The molecular weight excluding hydrogens is 234 g/mol. The molecule has 1 saturated heterocycles. The summed E-state index contributed by atoms with van der Waals surface area (Å²) in [7, 11) is 0. The first kappa shape index (κ1) is 14.4. The fourth-order valence-electron chi connectivity index (χ4n) is 2.77. The standard InChI is InChI=1S/C16H27N3/c1-15(2,3)14-17-11-13(12-18-14)10-16(4,5)19-8-6-7-9-19/h11-12H,6-10H2,1-5H3. The summed E-state index contributed by atoms with van der Waals surface area (Å²) in [6, 6.07) is 0. The third kappa shape index (κ3) is 3.53. The van der Waals surface area contributed by atoms with Crippen molar-refractivity contribution in [3.8, 4) is 0 Å². The number of aromatic nitrogens is 2. The molecule has 0 amide bonds. The van der Waals surface area contributed by atoms with E-state index in [9.17, 15) is 0 Å². The van der Waals surface area contributed by atoms with E-state index < -0.39 is 0 Å². The Kier molecular flexibility index (Phi) is 3.95. The van der Waals surface area contributed by atoms with Crippen LogP contribution in [0.25, 0.3) is 0 Å². The predicted molar refractivity (Wildman–Crippen MR) is 79.3 cm³/mol. The normalized spacial score (nSPS) is 17.9. The summed E-state index contributed by atoms with van der Waals surface area (Å²) in [6.45, 7) is 13.6. The lowest BCUT2D eigenvalue weighted by atomic mass is 9.93. The monoisotopic (exact) mass is 261 g/mol. The highest BCUT2D eigenvalue weighted by molar-refractivity contribution is 5.12. The van der Waals surface area contributed by atoms with Crippen LogP contribution in [0.3, 0.4) is 0 Å². The minimum absolute atomic E-state index is 0.0308. The van der Waals surface area contributed by atoms with Gasteiger partial charge in [-0.1, -0.05) is 20.8 Å². The average Bonchev–Trinajstić information content (AvgIpc) is 2.82. The SMILES string of the molecule is CC(C)(C)c1ncc(CC(C)(C)N2CCCC2)cn1. The molecule has 0 atom stereocenters. The van der Waals surface area contributed by atoms with Gasteiger partial charge in [0.1, 0.15) is 5.82 Å². The zero-order valence-electron chi connectivity index (χ0n) is 13.0. The molecule has 0 aromatic carbocycles. The number of likely N-dealkylation sites (tertiary alicyclic amines) is 1. The lowest BCUT2D eigenvalue weighted by Gasteiger charge is -2.35. The average molecular weight is 261 g/mol. The Morgan fingerprint density at radius 1 is 1.00 bits per heavy atom. The predicted octanol–water partition coefficient (Wildman–Crippen LogP) is 3.19. The molecule has 1 aromatic heterocycles. The van der Waals surface area contributed by atoms with Crippen LogP contribution in [0, 0.1) is 0 Å². The van der Waals surface area contributed by atoms with Gasteiger partial charge in [0.15, 0.2) is 0 Å². The molecule has 106 valence electrons. The maximum atomic E-state index is 4.53. The van der Waals surface area contributed by atoms with E-state index in [1.807, 2.05) is 12.4 Å². The Bertz CT molecular complexity index is 409. The van der Waals surface area contributed by atoms with E-state index in [1.54, 1.807) is 0 Å². The second kappa shape index (κ2) is 5.20. The molecule has 3 heteroatoms. The van der Waals surface area contributed by atoms with Crippen molar-refractivity contribution in [1.82, 2.24) is 14.9 Å². The molecule has 2 heterocycles. The van der Waals surface area contributed by atoms with Gasteiger partial charge in [-0.3, -0.25) is 4.90 Å². The van der Waals surface area contributed by atoms with Crippen LogP contribution in [-0.4, -0.2) is 33.5 Å². The maximum absolute atomic E-state index is 4.53. The van der Waals surface area contributed by atoms with Crippen LogP contribution in [0.4, 0.5) is 0 Å². The van der Waals surface area contributed by atoms with Crippen molar-refractivity contribution in [1.29, 1.82) is 0 Å². The minimum atomic E-state index is 0.0308. The van der Waals surface area contributed by atoms with Crippen molar-refractivity contribution in [3.63, 3.8) is 0 Å². The third-order valence-electron chi connectivity index (χ3n) is 3.97. The highest BCUT2D eigenvalue weighted by Crippen LogP contribution is 2.25. The molecule has 0 radical (unpaired) electrons. The van der Waals surface area contributed by atoms with Gasteiger partial charge < -0.3 is 0 Å². The molecule has 1 aliphatic rings. The van der Waals surface area contributed by atoms with Gasteiger partial charge in [0.05, 0.1) is 0 Å². The highest BCUT2D eigenvalue weighted by Gasteiger charge is 2.29. The maximum Gasteiger partial charge on any atom is 0.133 e. The molecule has 0 bridgehead atoms. The van der Waals surface area contributed by atoms with E-state index in [2.05, 4.69) is 49.5 Å². The zero-order chi connectivity index (χ0) is 14.1. The Morgan fingerprint density at radius 3 is 2.00 bits per heavy atom. The van der Waals surface area contributed by atoms with Crippen LogP contribution in [-0.2, 0) is 11.8 Å². The van der Waals surface area contributed by atoms with Gasteiger partial charge in [-0.2, -0.15) is 0 Å². The molecule has 1 aliphatic heterocycles. The fourth-order valence-corrected chi connectivity index (χ4v) is 2.77. The van der Waals surface area contributed by atoms with Gasteiger partial charge in [-0.25, -0.2) is 9.97 Å². The van der Waals surface area contributed by atoms with Crippen LogP contribution >= 0.6 is 0 Å². The summed E-state index contributed by atoms with van der Waals surface area (Å²) < 4.78 is 0. The lowest BCUT2D eigenvalue weighted by Crippen LogP contribution is -2.43. The van der Waals surface area contributed by atoms with Gasteiger partial charge in [-0.05, 0) is 51.8 Å². The lowest BCUT2D eigenvalue weighted by molar-refractivity contribution is 0.154. The second-order valence-electron chi connectivity index (χ2n) is 7.35. The molecule has 1 fully saturated rings. The molecule has 0 unspecified atom stereocenters. The van der Waals surface area contributed by atoms with E-state index in [0.29, 0.717) is 0 Å². The number of hydrogen-bond acceptors (Lipinski definition) is 3. The molecule has 2 rings (SSSR count). The van der Waals surface area contributed by atoms with Crippen molar-refractivity contribution in [3.05, 3.63) is 23.8 Å². The summed E-state index contributed by atoms with van der Waals surface area (Å²) in [4.78, 5) is 11.7. The molecular formula is C16H27N3. The largest absolute Gasteiger partial charge is 0.298 e. The molecule has 3 nitrogen and oxygen atoms in total. The summed E-state index contributed by atoms with van der Waals surface area (Å²) in [5, 5.41) is 0. The van der Waals surface area contributed by atoms with Gasteiger partial charge >= 0.3 is 0 Å². The van der Waals surface area contributed by atoms with E-state index in [0.717, 1.165) is 12.2 Å². The van der Waals surface area contributed by atoms with E-state index in [4.69, 9.17) is 0 Å². The first-order valence-electron chi connectivity index (χ1n) is 7.35. The first-order valence-corrected chi connectivity index (χ1v) is 7.35. The van der Waals surface area contributed by atoms with E-state index in [-0.39, 0.29) is 11.0 Å². The number of hydrogen-bond donors (Lipinski definition) is 0. The van der Waals surface area contributed by atoms with Crippen molar-refractivity contribution in [2.75, 3.05) is 13.1 Å². The summed E-state index contributed by atoms with van der Waals surface area (Å²) >= 11 is 0. The van der Waals surface area contributed by atoms with Crippen molar-refractivity contribution >= 4 is 0 Å². The van der Waals surface area contributed by atoms with Crippen molar-refractivity contribution in [2.24, 2.45) is 0 Å². The highest BCUT2D eigenvalue weighted by atomic mass is 15.2. The molecule has 0 aliphatic carbocycles. The van der Waals surface area contributed by atoms with Crippen LogP contribution in [0.15, 0.2) is 12.4 Å². The second-order valence-corrected chi connectivity index (χ2v) is 7.35. The van der Waals surface area contributed by atoms with Gasteiger partial charge in [0.25, 0.3) is 0 Å². The Hall–Kier alpha value is -0.960. The Morgan fingerprint density at radius 2 is 1.53 bits per heavy atom. The van der Waals surface area contributed by atoms with Crippen molar-refractivity contribution in [2.45, 2.75) is 64.8 Å². The van der Waals surface area contributed by atoms with Crippen LogP contribution in [0.2, 0.25) is 0 Å². The van der Waals surface area contributed by atoms with Crippen LogP contribution in [0.5, 0.6) is 0 Å². The molecule has 1 aromatic rings. The quantitative estimate of drug-likeness (QED) is 0.836. The van der Waals surface area contributed by atoms with Crippen molar-refractivity contribution < 1.29 is 0 Å². The van der Waals surface area contributed by atoms with E-state index in [1.165, 1.54) is 31.5 Å². The fraction of sp³-hybridized carbons (Fsp3) is 0.750. The molecule has 0 N–H and O–H groups in total. The van der Waals surface area contributed by atoms with Gasteiger partial charge in [0, 0.05) is 23.3 Å². The first-order chi connectivity index (χ1) is 8.79. The summed E-state index contributed by atoms with van der Waals surface area (Å²) in [5.74, 6) is 0.926. The summed E-state index contributed by atoms with van der Waals surface area (Å²) in [6.07, 6.45) is 7.71. The number of nitrogens with zero attached hydrogens (tertiary/aromatic N) is 3.